The van der Waals surface area contributed by atoms with Crippen molar-refractivity contribution in [2.24, 2.45) is 0 Å². The molecular formula is C16H12ClNO4S. The summed E-state index contributed by atoms with van der Waals surface area (Å²) in [6.07, 6.45) is 0. The van der Waals surface area contributed by atoms with E-state index in [0.29, 0.717) is 27.1 Å². The SMILES string of the molecule is COc1cc(Cl)cc(-c2nc3ccccc3s2)c1OCC(=O)O. The van der Waals surface area contributed by atoms with Crippen LogP contribution < -0.4 is 9.47 Å². The Kier molecular flexibility index (Phi) is 4.36. The summed E-state index contributed by atoms with van der Waals surface area (Å²) >= 11 is 7.61. The maximum absolute atomic E-state index is 10.8. The Labute approximate surface area is 141 Å². The quantitative estimate of drug-likeness (QED) is 0.751. The number of carboxylic acid groups (broad SMARTS) is 1. The van der Waals surface area contributed by atoms with Crippen LogP contribution in [0.3, 0.4) is 0 Å². The van der Waals surface area contributed by atoms with Crippen molar-refractivity contribution < 1.29 is 19.4 Å². The van der Waals surface area contributed by atoms with Gasteiger partial charge in [-0.25, -0.2) is 9.78 Å². The first kappa shape index (κ1) is 15.6. The molecule has 5 nitrogen and oxygen atoms in total. The Morgan fingerprint density at radius 3 is 2.83 bits per heavy atom. The van der Waals surface area contributed by atoms with E-state index in [9.17, 15) is 4.79 Å². The lowest BCUT2D eigenvalue weighted by Gasteiger charge is -2.13. The molecule has 0 saturated carbocycles. The van der Waals surface area contributed by atoms with E-state index in [4.69, 9.17) is 26.2 Å². The standard InChI is InChI=1S/C16H12ClNO4S/c1-21-12-7-9(17)6-10(15(12)22-8-14(19)20)16-18-11-4-2-3-5-13(11)23-16/h2-7H,8H2,1H3,(H,19,20). The lowest BCUT2D eigenvalue weighted by atomic mass is 10.2. The third kappa shape index (κ3) is 3.23. The predicted octanol–water partition coefficient (Wildman–Crippen LogP) is 4.09. The third-order valence-electron chi connectivity index (χ3n) is 3.10. The van der Waals surface area contributed by atoms with Gasteiger partial charge in [-0.2, -0.15) is 0 Å². The van der Waals surface area contributed by atoms with Crippen molar-refractivity contribution in [3.63, 3.8) is 0 Å². The van der Waals surface area contributed by atoms with Gasteiger partial charge in [0.2, 0.25) is 0 Å². The van der Waals surface area contributed by atoms with Crippen molar-refractivity contribution in [2.75, 3.05) is 13.7 Å². The van der Waals surface area contributed by atoms with Crippen LogP contribution in [0.15, 0.2) is 36.4 Å². The molecule has 1 heterocycles. The highest BCUT2D eigenvalue weighted by atomic mass is 35.5. The van der Waals surface area contributed by atoms with Crippen molar-refractivity contribution in [1.29, 1.82) is 0 Å². The smallest absolute Gasteiger partial charge is 0.341 e. The molecule has 0 aliphatic carbocycles. The van der Waals surface area contributed by atoms with Crippen LogP contribution in [0.2, 0.25) is 5.02 Å². The molecular weight excluding hydrogens is 338 g/mol. The van der Waals surface area contributed by atoms with Gasteiger partial charge in [0.15, 0.2) is 18.1 Å². The monoisotopic (exact) mass is 349 g/mol. The number of ether oxygens (including phenoxy) is 2. The van der Waals surface area contributed by atoms with Gasteiger partial charge in [0.05, 0.1) is 22.9 Å². The second-order valence-electron chi connectivity index (χ2n) is 4.65. The summed E-state index contributed by atoms with van der Waals surface area (Å²) in [4.78, 5) is 15.4. The molecule has 0 amide bonds. The van der Waals surface area contributed by atoms with Crippen LogP contribution in [-0.4, -0.2) is 29.8 Å². The number of halogens is 1. The number of methoxy groups -OCH3 is 1. The molecule has 0 bridgehead atoms. The lowest BCUT2D eigenvalue weighted by molar-refractivity contribution is -0.139. The number of thiazole rings is 1. The van der Waals surface area contributed by atoms with Crippen molar-refractivity contribution in [1.82, 2.24) is 4.98 Å². The number of hydrogen-bond acceptors (Lipinski definition) is 5. The number of benzene rings is 2. The summed E-state index contributed by atoms with van der Waals surface area (Å²) in [5, 5.41) is 10.0. The molecule has 1 N–H and O–H groups in total. The molecule has 3 rings (SSSR count). The number of hydrogen-bond donors (Lipinski definition) is 1. The molecule has 0 aliphatic rings. The first-order valence-electron chi connectivity index (χ1n) is 6.66. The number of aromatic nitrogens is 1. The Hall–Kier alpha value is -2.31. The topological polar surface area (TPSA) is 68.7 Å². The normalized spacial score (nSPS) is 10.7. The highest BCUT2D eigenvalue weighted by Crippen LogP contribution is 2.43. The number of rotatable bonds is 5. The summed E-state index contributed by atoms with van der Waals surface area (Å²) in [7, 11) is 1.47. The summed E-state index contributed by atoms with van der Waals surface area (Å²) in [5.74, 6) is -0.386. The molecule has 23 heavy (non-hydrogen) atoms. The maximum Gasteiger partial charge on any atom is 0.341 e. The minimum atomic E-state index is -1.07. The highest BCUT2D eigenvalue weighted by molar-refractivity contribution is 7.21. The zero-order chi connectivity index (χ0) is 16.4. The Balaban J connectivity index is 2.15. The molecule has 118 valence electrons. The van der Waals surface area contributed by atoms with E-state index < -0.39 is 12.6 Å². The first-order valence-corrected chi connectivity index (χ1v) is 7.86. The van der Waals surface area contributed by atoms with Crippen molar-refractivity contribution >= 4 is 39.1 Å². The minimum absolute atomic E-state index is 0.318. The van der Waals surface area contributed by atoms with Crippen molar-refractivity contribution in [3.8, 4) is 22.1 Å². The fourth-order valence-corrected chi connectivity index (χ4v) is 3.34. The van der Waals surface area contributed by atoms with Crippen LogP contribution in [0.5, 0.6) is 11.5 Å². The van der Waals surface area contributed by atoms with E-state index in [2.05, 4.69) is 4.98 Å². The minimum Gasteiger partial charge on any atom is -0.493 e. The summed E-state index contributed by atoms with van der Waals surface area (Å²) in [6, 6.07) is 11.0. The highest BCUT2D eigenvalue weighted by Gasteiger charge is 2.18. The molecule has 2 aromatic carbocycles. The van der Waals surface area contributed by atoms with Gasteiger partial charge >= 0.3 is 5.97 Å². The van der Waals surface area contributed by atoms with Gasteiger partial charge in [-0.1, -0.05) is 23.7 Å². The molecule has 0 unspecified atom stereocenters. The van der Waals surface area contributed by atoms with Gasteiger partial charge in [-0.15, -0.1) is 11.3 Å². The van der Waals surface area contributed by atoms with Crippen LogP contribution in [-0.2, 0) is 4.79 Å². The van der Waals surface area contributed by atoms with E-state index in [1.54, 1.807) is 12.1 Å². The predicted molar refractivity (Wildman–Crippen MR) is 89.7 cm³/mol. The average Bonchev–Trinajstić information content (AvgIpc) is 2.96. The molecule has 0 spiro atoms. The second kappa shape index (κ2) is 6.44. The Bertz CT molecular complexity index is 845. The van der Waals surface area contributed by atoms with E-state index >= 15 is 0 Å². The van der Waals surface area contributed by atoms with Crippen LogP contribution in [0.1, 0.15) is 0 Å². The molecule has 0 aliphatic heterocycles. The number of para-hydroxylation sites is 1. The van der Waals surface area contributed by atoms with Crippen LogP contribution >= 0.6 is 22.9 Å². The Morgan fingerprint density at radius 1 is 1.35 bits per heavy atom. The lowest BCUT2D eigenvalue weighted by Crippen LogP contribution is -2.10. The molecule has 1 aromatic heterocycles. The van der Waals surface area contributed by atoms with E-state index in [-0.39, 0.29) is 0 Å². The van der Waals surface area contributed by atoms with E-state index in [1.807, 2.05) is 24.3 Å². The molecule has 0 fully saturated rings. The van der Waals surface area contributed by atoms with Crippen LogP contribution in [0.4, 0.5) is 0 Å². The maximum atomic E-state index is 10.8. The average molecular weight is 350 g/mol. The van der Waals surface area contributed by atoms with Gasteiger partial charge in [0.25, 0.3) is 0 Å². The fraction of sp³-hybridized carbons (Fsp3) is 0.125. The third-order valence-corrected chi connectivity index (χ3v) is 4.39. The molecule has 0 radical (unpaired) electrons. The zero-order valence-electron chi connectivity index (χ0n) is 12.1. The van der Waals surface area contributed by atoms with Gasteiger partial charge in [0, 0.05) is 11.1 Å². The largest absolute Gasteiger partial charge is 0.493 e. The number of carbonyl (C=O) groups is 1. The molecule has 3 aromatic rings. The second-order valence-corrected chi connectivity index (χ2v) is 6.12. The van der Waals surface area contributed by atoms with Crippen LogP contribution in [0.25, 0.3) is 20.8 Å². The van der Waals surface area contributed by atoms with E-state index in [1.165, 1.54) is 18.4 Å². The number of aliphatic carboxylic acids is 1. The number of nitrogens with zero attached hydrogens (tertiary/aromatic N) is 1. The first-order chi connectivity index (χ1) is 11.1. The van der Waals surface area contributed by atoms with Crippen LogP contribution in [0, 0.1) is 0 Å². The summed E-state index contributed by atoms with van der Waals surface area (Å²) < 4.78 is 11.7. The van der Waals surface area contributed by atoms with E-state index in [0.717, 1.165) is 10.2 Å². The fourth-order valence-electron chi connectivity index (χ4n) is 2.15. The van der Waals surface area contributed by atoms with Gasteiger partial charge in [-0.05, 0) is 18.2 Å². The zero-order valence-corrected chi connectivity index (χ0v) is 13.6. The van der Waals surface area contributed by atoms with Gasteiger partial charge in [0.1, 0.15) is 5.01 Å². The summed E-state index contributed by atoms with van der Waals surface area (Å²) in [6.45, 7) is -0.476. The van der Waals surface area contributed by atoms with Gasteiger partial charge in [-0.3, -0.25) is 0 Å². The molecule has 0 atom stereocenters. The Morgan fingerprint density at radius 2 is 2.13 bits per heavy atom. The van der Waals surface area contributed by atoms with Gasteiger partial charge < -0.3 is 14.6 Å². The van der Waals surface area contributed by atoms with Crippen molar-refractivity contribution in [2.45, 2.75) is 0 Å². The number of carboxylic acids is 1. The molecule has 0 saturated heterocycles. The molecule has 7 heteroatoms. The number of fused-ring (bicyclic) bond motifs is 1. The van der Waals surface area contributed by atoms with Crippen molar-refractivity contribution in [3.05, 3.63) is 41.4 Å². The summed E-state index contributed by atoms with van der Waals surface area (Å²) in [5.41, 5.74) is 1.47.